The second-order valence-corrected chi connectivity index (χ2v) is 9.02. The number of ether oxygens (including phenoxy) is 2. The summed E-state index contributed by atoms with van der Waals surface area (Å²) in [6, 6.07) is 4.60. The summed E-state index contributed by atoms with van der Waals surface area (Å²) in [7, 11) is 2.95. The van der Waals surface area contributed by atoms with Crippen LogP contribution >= 0.6 is 23.2 Å². The Labute approximate surface area is 223 Å². The molecule has 3 heterocycles. The topological polar surface area (TPSA) is 139 Å². The van der Waals surface area contributed by atoms with Crippen LogP contribution in [0.1, 0.15) is 28.9 Å². The van der Waals surface area contributed by atoms with Crippen LogP contribution in [0.5, 0.6) is 11.5 Å². The molecule has 2 aromatic carbocycles. The zero-order valence-corrected chi connectivity index (χ0v) is 21.8. The lowest BCUT2D eigenvalue weighted by Crippen LogP contribution is -2.18. The van der Waals surface area contributed by atoms with Crippen molar-refractivity contribution < 1.29 is 19.4 Å². The fourth-order valence-electron chi connectivity index (χ4n) is 4.18. The number of aromatic carboxylic acids is 1. The summed E-state index contributed by atoms with van der Waals surface area (Å²) in [5.74, 6) is 0.163. The van der Waals surface area contributed by atoms with E-state index in [4.69, 9.17) is 38.4 Å². The first-order chi connectivity index (χ1) is 17.8. The Morgan fingerprint density at radius 3 is 2.24 bits per heavy atom. The number of hydrogen-bond acceptors (Lipinski definition) is 8. The molecule has 0 bridgehead atoms. The van der Waals surface area contributed by atoms with Gasteiger partial charge in [0.15, 0.2) is 5.95 Å². The van der Waals surface area contributed by atoms with E-state index in [9.17, 15) is 9.90 Å². The highest BCUT2D eigenvalue weighted by molar-refractivity contribution is 6.41. The van der Waals surface area contributed by atoms with Crippen molar-refractivity contribution in [1.82, 2.24) is 24.8 Å². The summed E-state index contributed by atoms with van der Waals surface area (Å²) in [5.41, 5.74) is 8.11. The summed E-state index contributed by atoms with van der Waals surface area (Å²) in [5, 5.41) is 9.89. The molecule has 0 aliphatic carbocycles. The number of H-pyrrole nitrogens is 1. The second-order valence-electron chi connectivity index (χ2n) is 8.26. The number of imidazole rings is 1. The molecule has 10 nitrogen and oxygen atoms in total. The van der Waals surface area contributed by atoms with Gasteiger partial charge in [-0.05, 0) is 32.0 Å². The second kappa shape index (κ2) is 11.6. The van der Waals surface area contributed by atoms with Crippen LogP contribution in [0.3, 0.4) is 0 Å². The van der Waals surface area contributed by atoms with E-state index in [1.165, 1.54) is 58.6 Å². The number of aromatic amines is 1. The van der Waals surface area contributed by atoms with Crippen molar-refractivity contribution >= 4 is 46.2 Å². The molecule has 4 aromatic rings. The summed E-state index contributed by atoms with van der Waals surface area (Å²) in [6.45, 7) is 3.34. The molecular formula is C25H26Cl2N6O4. The molecule has 194 valence electrons. The van der Waals surface area contributed by atoms with Gasteiger partial charge in [0.05, 0.1) is 41.0 Å². The van der Waals surface area contributed by atoms with Crippen LogP contribution in [-0.2, 0) is 6.54 Å². The summed E-state index contributed by atoms with van der Waals surface area (Å²) in [4.78, 5) is 29.3. The lowest BCUT2D eigenvalue weighted by molar-refractivity contribution is 0.0699. The average molecular weight is 545 g/mol. The van der Waals surface area contributed by atoms with Crippen LogP contribution < -0.4 is 15.2 Å². The smallest absolute Gasteiger partial charge is 0.337 e. The zero-order valence-electron chi connectivity index (χ0n) is 20.3. The van der Waals surface area contributed by atoms with Crippen LogP contribution in [-0.4, -0.2) is 63.2 Å². The molecule has 12 heteroatoms. The molecule has 0 unspecified atom stereocenters. The number of aromatic nitrogens is 4. The van der Waals surface area contributed by atoms with E-state index in [1.54, 1.807) is 12.1 Å². The largest absolute Gasteiger partial charge is 0.495 e. The van der Waals surface area contributed by atoms with Gasteiger partial charge < -0.3 is 25.3 Å². The maximum atomic E-state index is 11.4. The third kappa shape index (κ3) is 5.71. The van der Waals surface area contributed by atoms with Gasteiger partial charge in [-0.25, -0.2) is 9.78 Å². The van der Waals surface area contributed by atoms with Gasteiger partial charge in [0.2, 0.25) is 0 Å². The number of nitrogens with two attached hydrogens (primary N) is 1. The molecule has 0 spiro atoms. The Hall–Kier alpha value is -3.60. The number of nitrogens with one attached hydrogen (secondary N) is 1. The number of nitrogen functional groups attached to an aromatic ring is 1. The highest BCUT2D eigenvalue weighted by Gasteiger charge is 2.23. The predicted octanol–water partition coefficient (Wildman–Crippen LogP) is 4.91. The molecule has 0 atom stereocenters. The van der Waals surface area contributed by atoms with Crippen molar-refractivity contribution in [3.05, 3.63) is 58.1 Å². The molecule has 0 radical (unpaired) electrons. The van der Waals surface area contributed by atoms with Gasteiger partial charge in [0.25, 0.3) is 0 Å². The van der Waals surface area contributed by atoms with Gasteiger partial charge in [-0.2, -0.15) is 0 Å². The van der Waals surface area contributed by atoms with Crippen LogP contribution in [0.25, 0.3) is 22.2 Å². The van der Waals surface area contributed by atoms with Gasteiger partial charge in [0.1, 0.15) is 17.0 Å². The third-order valence-electron chi connectivity index (χ3n) is 5.93. The Morgan fingerprint density at radius 1 is 1.08 bits per heavy atom. The van der Waals surface area contributed by atoms with Gasteiger partial charge >= 0.3 is 5.97 Å². The number of benzene rings is 2. The van der Waals surface area contributed by atoms with Crippen LogP contribution in [0.4, 0.5) is 5.95 Å². The highest BCUT2D eigenvalue weighted by Crippen LogP contribution is 2.47. The van der Waals surface area contributed by atoms with Crippen molar-refractivity contribution in [1.29, 1.82) is 0 Å². The fraction of sp³-hybridized carbons (Fsp3) is 0.280. The normalized spacial score (nSPS) is 13.3. The molecule has 1 fully saturated rings. The average Bonchev–Trinajstić information content (AvgIpc) is 3.56. The monoisotopic (exact) mass is 544 g/mol. The number of hydrogen-bond donors (Lipinski definition) is 3. The molecule has 1 aliphatic rings. The van der Waals surface area contributed by atoms with Crippen molar-refractivity contribution in [3.63, 3.8) is 0 Å². The minimum Gasteiger partial charge on any atom is -0.495 e. The number of halogens is 2. The Bertz CT molecular complexity index is 1390. The molecule has 5 rings (SSSR count). The molecule has 2 aromatic heterocycles. The molecule has 0 saturated carbocycles. The summed E-state index contributed by atoms with van der Waals surface area (Å²) in [6.07, 6.45) is 7.41. The number of fused-ring (bicyclic) bond motifs is 1. The van der Waals surface area contributed by atoms with E-state index in [0.717, 1.165) is 12.2 Å². The third-order valence-corrected chi connectivity index (χ3v) is 6.68. The number of nitrogens with zero attached hydrogens (tertiary/aromatic N) is 4. The van der Waals surface area contributed by atoms with E-state index >= 15 is 0 Å². The number of methoxy groups -OCH3 is 2. The van der Waals surface area contributed by atoms with E-state index in [-0.39, 0.29) is 21.1 Å². The van der Waals surface area contributed by atoms with E-state index in [2.05, 4.69) is 24.8 Å². The van der Waals surface area contributed by atoms with E-state index < -0.39 is 5.97 Å². The maximum absolute atomic E-state index is 11.4. The van der Waals surface area contributed by atoms with Gasteiger partial charge in [-0.15, -0.1) is 0 Å². The standard InChI is InChI=1S/C17H12Cl2N2O4.C8H14N4/c1-24-10-7-11(25-2)14(19)12(13(10)18)8-3-4-9(17(22)23)16-15(8)20-5-6-21-16;9-8-10-5-7(11-8)6-12-3-1-2-4-12/h3-7H,1-2H3,(H,22,23);5H,1-4,6H2,(H3,9,10,11). The minimum atomic E-state index is -1.10. The molecule has 0 amide bonds. The van der Waals surface area contributed by atoms with Crippen molar-refractivity contribution in [2.75, 3.05) is 33.0 Å². The zero-order chi connectivity index (χ0) is 26.5. The van der Waals surface area contributed by atoms with Gasteiger partial charge in [-0.1, -0.05) is 29.3 Å². The van der Waals surface area contributed by atoms with Crippen LogP contribution in [0.2, 0.25) is 10.0 Å². The number of carboxylic acids is 1. The number of rotatable bonds is 6. The van der Waals surface area contributed by atoms with E-state index in [1.807, 2.05) is 6.20 Å². The molecule has 1 saturated heterocycles. The lowest BCUT2D eigenvalue weighted by atomic mass is 10.00. The molecule has 1 aliphatic heterocycles. The van der Waals surface area contributed by atoms with Gasteiger partial charge in [0, 0.05) is 42.3 Å². The number of anilines is 1. The maximum Gasteiger partial charge on any atom is 0.337 e. The number of carbonyl (C=O) groups is 1. The summed E-state index contributed by atoms with van der Waals surface area (Å²) >= 11 is 12.9. The molecular weight excluding hydrogens is 519 g/mol. The van der Waals surface area contributed by atoms with Crippen LogP contribution in [0, 0.1) is 0 Å². The van der Waals surface area contributed by atoms with E-state index in [0.29, 0.717) is 34.1 Å². The molecule has 4 N–H and O–H groups in total. The quantitative estimate of drug-likeness (QED) is 0.308. The van der Waals surface area contributed by atoms with Crippen molar-refractivity contribution in [2.24, 2.45) is 0 Å². The lowest BCUT2D eigenvalue weighted by Gasteiger charge is -2.16. The van der Waals surface area contributed by atoms with Crippen LogP contribution in [0.15, 0.2) is 36.8 Å². The van der Waals surface area contributed by atoms with Crippen molar-refractivity contribution in [2.45, 2.75) is 19.4 Å². The fourth-order valence-corrected chi connectivity index (χ4v) is 4.88. The highest BCUT2D eigenvalue weighted by atomic mass is 35.5. The Balaban J connectivity index is 0.000000222. The van der Waals surface area contributed by atoms with Gasteiger partial charge in [-0.3, -0.25) is 14.9 Å². The first-order valence-corrected chi connectivity index (χ1v) is 12.2. The predicted molar refractivity (Wildman–Crippen MR) is 143 cm³/mol. The first kappa shape index (κ1) is 26.5. The van der Waals surface area contributed by atoms with Crippen molar-refractivity contribution in [3.8, 4) is 22.6 Å². The summed E-state index contributed by atoms with van der Waals surface area (Å²) < 4.78 is 10.6. The number of likely N-dealkylation sites (tertiary alicyclic amines) is 1. The SMILES string of the molecule is COc1cc(OC)c(Cl)c(-c2ccc(C(=O)O)c3nccnc23)c1Cl.Nc1nc(CN2CCCC2)c[nH]1. The number of carboxylic acid groups (broad SMARTS) is 1. The molecule has 37 heavy (non-hydrogen) atoms. The Kier molecular flexibility index (Phi) is 8.32. The minimum absolute atomic E-state index is 0.0361. The Morgan fingerprint density at radius 2 is 1.70 bits per heavy atom. The first-order valence-electron chi connectivity index (χ1n) is 11.4.